The molecule has 0 aliphatic rings. The van der Waals surface area contributed by atoms with Gasteiger partial charge in [-0.05, 0) is 30.0 Å². The Kier molecular flexibility index (Phi) is 7.04. The van der Waals surface area contributed by atoms with Crippen molar-refractivity contribution in [2.75, 3.05) is 6.54 Å². The zero-order valence-electron chi connectivity index (χ0n) is 12.5. The highest BCUT2D eigenvalue weighted by molar-refractivity contribution is 5.26. The van der Waals surface area contributed by atoms with Crippen molar-refractivity contribution in [1.82, 2.24) is 5.32 Å². The first-order valence-electron chi connectivity index (χ1n) is 7.52. The van der Waals surface area contributed by atoms with Gasteiger partial charge in [0.2, 0.25) is 0 Å². The van der Waals surface area contributed by atoms with Crippen LogP contribution >= 0.6 is 0 Å². The van der Waals surface area contributed by atoms with Gasteiger partial charge in [-0.1, -0.05) is 71.2 Å². The van der Waals surface area contributed by atoms with Crippen LogP contribution in [0.5, 0.6) is 0 Å². The van der Waals surface area contributed by atoms with Gasteiger partial charge in [0.25, 0.3) is 0 Å². The van der Waals surface area contributed by atoms with Gasteiger partial charge in [0.15, 0.2) is 0 Å². The van der Waals surface area contributed by atoms with E-state index < -0.39 is 0 Å². The van der Waals surface area contributed by atoms with E-state index in [1.807, 2.05) is 0 Å². The molecule has 0 aliphatic heterocycles. The van der Waals surface area contributed by atoms with Gasteiger partial charge in [-0.15, -0.1) is 0 Å². The van der Waals surface area contributed by atoms with Crippen LogP contribution in [0.15, 0.2) is 24.3 Å². The Morgan fingerprint density at radius 1 is 0.944 bits per heavy atom. The third-order valence-corrected chi connectivity index (χ3v) is 3.55. The van der Waals surface area contributed by atoms with Gasteiger partial charge in [0.1, 0.15) is 0 Å². The lowest BCUT2D eigenvalue weighted by molar-refractivity contribution is 0.486. The van der Waals surface area contributed by atoms with Crippen LogP contribution in [0.25, 0.3) is 0 Å². The summed E-state index contributed by atoms with van der Waals surface area (Å²) >= 11 is 0. The minimum atomic E-state index is 0.530. The van der Waals surface area contributed by atoms with E-state index in [1.54, 1.807) is 0 Å². The molecule has 0 heterocycles. The number of nitrogens with one attached hydrogen (secondary N) is 1. The molecular weight excluding hydrogens is 218 g/mol. The molecule has 1 unspecified atom stereocenters. The van der Waals surface area contributed by atoms with Crippen LogP contribution in [-0.2, 0) is 0 Å². The van der Waals surface area contributed by atoms with Crippen LogP contribution in [0.4, 0.5) is 0 Å². The average Bonchev–Trinajstić information content (AvgIpc) is 2.38. The number of rotatable bonds is 8. The zero-order valence-corrected chi connectivity index (χ0v) is 12.5. The summed E-state index contributed by atoms with van der Waals surface area (Å²) in [6.45, 7) is 9.99. The predicted octanol–water partition coefficient (Wildman–Crippen LogP) is 5.04. The Bertz CT molecular complexity index is 313. The molecule has 0 saturated heterocycles. The average molecular weight is 247 g/mol. The molecule has 0 radical (unpaired) electrons. The summed E-state index contributed by atoms with van der Waals surface area (Å²) in [5.74, 6) is 0.622. The Hall–Kier alpha value is -0.820. The third kappa shape index (κ3) is 4.81. The molecule has 102 valence electrons. The lowest BCUT2D eigenvalue weighted by Crippen LogP contribution is -2.20. The standard InChI is InChI=1S/C17H29N/c1-5-7-8-9-17(18-6-2)16-12-10-15(11-13-16)14(3)4/h10-14,17-18H,5-9H2,1-4H3. The molecule has 1 heteroatoms. The maximum absolute atomic E-state index is 3.61. The number of hydrogen-bond donors (Lipinski definition) is 1. The van der Waals surface area contributed by atoms with E-state index in [2.05, 4.69) is 57.3 Å². The smallest absolute Gasteiger partial charge is 0.0320 e. The maximum atomic E-state index is 3.61. The summed E-state index contributed by atoms with van der Waals surface area (Å²) in [5, 5.41) is 3.61. The van der Waals surface area contributed by atoms with Gasteiger partial charge in [0.05, 0.1) is 0 Å². The van der Waals surface area contributed by atoms with Crippen LogP contribution in [0, 0.1) is 0 Å². The van der Waals surface area contributed by atoms with Crippen LogP contribution < -0.4 is 5.32 Å². The van der Waals surface area contributed by atoms with Crippen LogP contribution in [0.1, 0.15) is 76.5 Å². The van der Waals surface area contributed by atoms with E-state index >= 15 is 0 Å². The maximum Gasteiger partial charge on any atom is 0.0320 e. The van der Waals surface area contributed by atoms with Crippen molar-refractivity contribution in [3.8, 4) is 0 Å². The second-order valence-electron chi connectivity index (χ2n) is 5.43. The molecule has 1 aromatic carbocycles. The molecule has 1 nitrogen and oxygen atoms in total. The highest BCUT2D eigenvalue weighted by atomic mass is 14.9. The number of unbranched alkanes of at least 4 members (excludes halogenated alkanes) is 2. The van der Waals surface area contributed by atoms with Gasteiger partial charge in [-0.25, -0.2) is 0 Å². The third-order valence-electron chi connectivity index (χ3n) is 3.55. The fourth-order valence-electron chi connectivity index (χ4n) is 2.34. The largest absolute Gasteiger partial charge is 0.310 e. The molecule has 0 aromatic heterocycles. The van der Waals surface area contributed by atoms with Crippen molar-refractivity contribution in [1.29, 1.82) is 0 Å². The van der Waals surface area contributed by atoms with Crippen molar-refractivity contribution in [3.63, 3.8) is 0 Å². The fourth-order valence-corrected chi connectivity index (χ4v) is 2.34. The second kappa shape index (κ2) is 8.31. The summed E-state index contributed by atoms with van der Waals surface area (Å²) in [4.78, 5) is 0. The number of benzene rings is 1. The van der Waals surface area contributed by atoms with E-state index in [0.717, 1.165) is 6.54 Å². The lowest BCUT2D eigenvalue weighted by Gasteiger charge is -2.19. The molecule has 0 spiro atoms. The molecular formula is C17H29N. The molecule has 1 rings (SSSR count). The van der Waals surface area contributed by atoms with Crippen LogP contribution in [-0.4, -0.2) is 6.54 Å². The van der Waals surface area contributed by atoms with Crippen LogP contribution in [0.2, 0.25) is 0 Å². The summed E-state index contributed by atoms with van der Waals surface area (Å²) in [7, 11) is 0. The van der Waals surface area contributed by atoms with Gasteiger partial charge in [-0.2, -0.15) is 0 Å². The number of hydrogen-bond acceptors (Lipinski definition) is 1. The fraction of sp³-hybridized carbons (Fsp3) is 0.647. The molecule has 0 amide bonds. The predicted molar refractivity (Wildman–Crippen MR) is 81.1 cm³/mol. The molecule has 1 atom stereocenters. The van der Waals surface area contributed by atoms with E-state index in [4.69, 9.17) is 0 Å². The molecule has 0 saturated carbocycles. The minimum Gasteiger partial charge on any atom is -0.310 e. The Morgan fingerprint density at radius 3 is 2.06 bits per heavy atom. The van der Waals surface area contributed by atoms with Gasteiger partial charge in [0, 0.05) is 6.04 Å². The highest BCUT2D eigenvalue weighted by Crippen LogP contribution is 2.22. The molecule has 18 heavy (non-hydrogen) atoms. The zero-order chi connectivity index (χ0) is 13.4. The minimum absolute atomic E-state index is 0.530. The van der Waals surface area contributed by atoms with E-state index in [0.29, 0.717) is 12.0 Å². The first-order valence-corrected chi connectivity index (χ1v) is 7.52. The normalized spacial score (nSPS) is 12.9. The first kappa shape index (κ1) is 15.2. The van der Waals surface area contributed by atoms with E-state index in [1.165, 1.54) is 36.8 Å². The highest BCUT2D eigenvalue weighted by Gasteiger charge is 2.10. The van der Waals surface area contributed by atoms with Gasteiger partial charge in [-0.3, -0.25) is 0 Å². The van der Waals surface area contributed by atoms with E-state index in [-0.39, 0.29) is 0 Å². The molecule has 0 aliphatic carbocycles. The van der Waals surface area contributed by atoms with Crippen molar-refractivity contribution in [2.24, 2.45) is 0 Å². The Morgan fingerprint density at radius 2 is 1.56 bits per heavy atom. The van der Waals surface area contributed by atoms with Crippen molar-refractivity contribution < 1.29 is 0 Å². The van der Waals surface area contributed by atoms with Crippen molar-refractivity contribution >= 4 is 0 Å². The first-order chi connectivity index (χ1) is 8.69. The summed E-state index contributed by atoms with van der Waals surface area (Å²) in [5.41, 5.74) is 2.87. The summed E-state index contributed by atoms with van der Waals surface area (Å²) in [6, 6.07) is 9.69. The monoisotopic (exact) mass is 247 g/mol. The molecule has 0 fully saturated rings. The molecule has 1 aromatic rings. The van der Waals surface area contributed by atoms with E-state index in [9.17, 15) is 0 Å². The molecule has 0 bridgehead atoms. The topological polar surface area (TPSA) is 12.0 Å². The van der Waals surface area contributed by atoms with Gasteiger partial charge >= 0.3 is 0 Å². The van der Waals surface area contributed by atoms with Crippen molar-refractivity contribution in [3.05, 3.63) is 35.4 Å². The summed E-state index contributed by atoms with van der Waals surface area (Å²) < 4.78 is 0. The van der Waals surface area contributed by atoms with Crippen molar-refractivity contribution in [2.45, 2.75) is 65.3 Å². The summed E-state index contributed by atoms with van der Waals surface area (Å²) in [6.07, 6.45) is 5.21. The second-order valence-corrected chi connectivity index (χ2v) is 5.43. The van der Waals surface area contributed by atoms with Gasteiger partial charge < -0.3 is 5.32 Å². The SMILES string of the molecule is CCCCCC(NCC)c1ccc(C(C)C)cc1. The molecule has 1 N–H and O–H groups in total. The Balaban J connectivity index is 2.66. The van der Waals surface area contributed by atoms with Crippen LogP contribution in [0.3, 0.4) is 0 Å². The quantitative estimate of drug-likeness (QED) is 0.634. The lowest BCUT2D eigenvalue weighted by atomic mass is 9.96. The Labute approximate surface area is 113 Å².